The summed E-state index contributed by atoms with van der Waals surface area (Å²) in [5.74, 6) is 1.86. The Labute approximate surface area is 155 Å². The quantitative estimate of drug-likeness (QED) is 0.776. The van der Waals surface area contributed by atoms with E-state index in [1.165, 1.54) is 32.1 Å². The molecule has 2 amide bonds. The summed E-state index contributed by atoms with van der Waals surface area (Å²) in [6.07, 6.45) is 8.05. The molecule has 2 fully saturated rings. The topological polar surface area (TPSA) is 79.5 Å². The SMILES string of the molecule is CCc1nc(CN(C)C(=O)[C@@H]2CCC(=O)N(CC3CCCCC3)C2)no1. The lowest BCUT2D eigenvalue weighted by atomic mass is 9.87. The second-order valence-corrected chi connectivity index (χ2v) is 7.69. The van der Waals surface area contributed by atoms with Crippen LogP contribution < -0.4 is 0 Å². The van der Waals surface area contributed by atoms with Crippen molar-refractivity contribution in [3.05, 3.63) is 11.7 Å². The number of rotatable bonds is 6. The van der Waals surface area contributed by atoms with Crippen molar-refractivity contribution in [1.29, 1.82) is 0 Å². The highest BCUT2D eigenvalue weighted by atomic mass is 16.5. The molecule has 2 aliphatic rings. The Balaban J connectivity index is 1.55. The number of aromatic nitrogens is 2. The highest BCUT2D eigenvalue weighted by Gasteiger charge is 2.33. The fraction of sp³-hybridized carbons (Fsp3) is 0.789. The minimum atomic E-state index is -0.126. The molecule has 0 N–H and O–H groups in total. The first-order chi connectivity index (χ1) is 12.6. The summed E-state index contributed by atoms with van der Waals surface area (Å²) in [7, 11) is 1.77. The van der Waals surface area contributed by atoms with Gasteiger partial charge >= 0.3 is 0 Å². The maximum absolute atomic E-state index is 12.8. The van der Waals surface area contributed by atoms with Gasteiger partial charge in [0.1, 0.15) is 0 Å². The zero-order chi connectivity index (χ0) is 18.5. The van der Waals surface area contributed by atoms with Gasteiger partial charge in [0.05, 0.1) is 12.5 Å². The monoisotopic (exact) mass is 362 g/mol. The van der Waals surface area contributed by atoms with Crippen LogP contribution in [0.15, 0.2) is 4.52 Å². The third-order valence-corrected chi connectivity index (χ3v) is 5.62. The minimum Gasteiger partial charge on any atom is -0.342 e. The van der Waals surface area contributed by atoms with Gasteiger partial charge < -0.3 is 14.3 Å². The second kappa shape index (κ2) is 8.64. The van der Waals surface area contributed by atoms with E-state index in [0.29, 0.717) is 50.0 Å². The molecule has 2 heterocycles. The third-order valence-electron chi connectivity index (χ3n) is 5.62. The molecule has 3 rings (SSSR count). The first kappa shape index (κ1) is 18.9. The van der Waals surface area contributed by atoms with Crippen molar-refractivity contribution >= 4 is 11.8 Å². The second-order valence-electron chi connectivity index (χ2n) is 7.69. The average Bonchev–Trinajstić information content (AvgIpc) is 3.11. The first-order valence-corrected chi connectivity index (χ1v) is 9.91. The smallest absolute Gasteiger partial charge is 0.227 e. The fourth-order valence-corrected chi connectivity index (χ4v) is 4.07. The Hall–Kier alpha value is -1.92. The predicted molar refractivity (Wildman–Crippen MR) is 96.0 cm³/mol. The lowest BCUT2D eigenvalue weighted by molar-refractivity contribution is -0.143. The molecule has 1 atom stereocenters. The Morgan fingerprint density at radius 3 is 2.73 bits per heavy atom. The summed E-state index contributed by atoms with van der Waals surface area (Å²) in [6.45, 7) is 3.66. The molecular weight excluding hydrogens is 332 g/mol. The molecule has 26 heavy (non-hydrogen) atoms. The van der Waals surface area contributed by atoms with Crippen LogP contribution in [0.5, 0.6) is 0 Å². The van der Waals surface area contributed by atoms with Gasteiger partial charge in [-0.1, -0.05) is 31.3 Å². The molecule has 1 saturated carbocycles. The van der Waals surface area contributed by atoms with E-state index in [1.807, 2.05) is 11.8 Å². The number of nitrogens with zero attached hydrogens (tertiary/aromatic N) is 4. The van der Waals surface area contributed by atoms with Crippen LogP contribution >= 0.6 is 0 Å². The molecule has 144 valence electrons. The van der Waals surface area contributed by atoms with Gasteiger partial charge in [0.25, 0.3) is 0 Å². The number of aryl methyl sites for hydroxylation is 1. The number of likely N-dealkylation sites (tertiary alicyclic amines) is 1. The van der Waals surface area contributed by atoms with Crippen LogP contribution in [0.4, 0.5) is 0 Å². The molecule has 0 radical (unpaired) electrons. The standard InChI is InChI=1S/C19H30N4O3/c1-3-17-20-16(21-26-17)13-22(2)19(25)15-9-10-18(24)23(12-15)11-14-7-5-4-6-8-14/h14-15H,3-13H2,1-2H3/t15-/m1/s1. The normalized spacial score (nSPS) is 21.8. The van der Waals surface area contributed by atoms with Gasteiger partial charge in [0.15, 0.2) is 5.82 Å². The molecule has 0 spiro atoms. The van der Waals surface area contributed by atoms with Crippen molar-refractivity contribution in [3.8, 4) is 0 Å². The average molecular weight is 362 g/mol. The Kier molecular flexibility index (Phi) is 6.27. The molecule has 1 aliphatic heterocycles. The van der Waals surface area contributed by atoms with E-state index in [1.54, 1.807) is 11.9 Å². The molecule has 1 saturated heterocycles. The van der Waals surface area contributed by atoms with E-state index >= 15 is 0 Å². The van der Waals surface area contributed by atoms with Crippen LogP contribution in [-0.2, 0) is 22.6 Å². The van der Waals surface area contributed by atoms with Crippen molar-refractivity contribution in [1.82, 2.24) is 19.9 Å². The van der Waals surface area contributed by atoms with Gasteiger partial charge in [-0.15, -0.1) is 0 Å². The molecule has 1 aromatic heterocycles. The highest BCUT2D eigenvalue weighted by molar-refractivity contribution is 5.83. The number of hydrogen-bond donors (Lipinski definition) is 0. The molecule has 0 aromatic carbocycles. The van der Waals surface area contributed by atoms with Crippen molar-refractivity contribution in [2.75, 3.05) is 20.1 Å². The van der Waals surface area contributed by atoms with Crippen molar-refractivity contribution in [3.63, 3.8) is 0 Å². The Bertz CT molecular complexity index is 624. The van der Waals surface area contributed by atoms with E-state index in [-0.39, 0.29) is 17.7 Å². The maximum atomic E-state index is 12.8. The molecule has 0 bridgehead atoms. The Morgan fingerprint density at radius 2 is 2.04 bits per heavy atom. The summed E-state index contributed by atoms with van der Waals surface area (Å²) in [5.41, 5.74) is 0. The summed E-state index contributed by atoms with van der Waals surface area (Å²) in [6, 6.07) is 0. The third kappa shape index (κ3) is 4.62. The zero-order valence-corrected chi connectivity index (χ0v) is 15.9. The van der Waals surface area contributed by atoms with Crippen LogP contribution in [0, 0.1) is 11.8 Å². The van der Waals surface area contributed by atoms with E-state index in [0.717, 1.165) is 6.54 Å². The molecule has 1 aromatic rings. The van der Waals surface area contributed by atoms with E-state index < -0.39 is 0 Å². The van der Waals surface area contributed by atoms with Crippen molar-refractivity contribution < 1.29 is 14.1 Å². The predicted octanol–water partition coefficient (Wildman–Crippen LogP) is 2.41. The van der Waals surface area contributed by atoms with E-state index in [4.69, 9.17) is 4.52 Å². The fourth-order valence-electron chi connectivity index (χ4n) is 4.07. The van der Waals surface area contributed by atoms with E-state index in [2.05, 4.69) is 10.1 Å². The molecule has 7 heteroatoms. The summed E-state index contributed by atoms with van der Waals surface area (Å²) in [5, 5.41) is 3.91. The minimum absolute atomic E-state index is 0.0639. The summed E-state index contributed by atoms with van der Waals surface area (Å²) >= 11 is 0. The van der Waals surface area contributed by atoms with Crippen molar-refractivity contribution in [2.24, 2.45) is 11.8 Å². The van der Waals surface area contributed by atoms with E-state index in [9.17, 15) is 9.59 Å². The van der Waals surface area contributed by atoms with Crippen LogP contribution in [0.1, 0.15) is 63.6 Å². The molecule has 1 aliphatic carbocycles. The lowest BCUT2D eigenvalue weighted by Gasteiger charge is -2.36. The van der Waals surface area contributed by atoms with Gasteiger partial charge in [-0.3, -0.25) is 9.59 Å². The molecule has 0 unspecified atom stereocenters. The van der Waals surface area contributed by atoms with Gasteiger partial charge in [0, 0.05) is 33.0 Å². The van der Waals surface area contributed by atoms with Gasteiger partial charge in [-0.2, -0.15) is 4.98 Å². The number of hydrogen-bond acceptors (Lipinski definition) is 5. The first-order valence-electron chi connectivity index (χ1n) is 9.91. The Morgan fingerprint density at radius 1 is 1.27 bits per heavy atom. The van der Waals surface area contributed by atoms with Crippen LogP contribution in [0.3, 0.4) is 0 Å². The van der Waals surface area contributed by atoms with Gasteiger partial charge in [0.2, 0.25) is 17.7 Å². The number of amides is 2. The largest absolute Gasteiger partial charge is 0.342 e. The number of carbonyl (C=O) groups excluding carboxylic acids is 2. The molecule has 7 nitrogen and oxygen atoms in total. The molecular formula is C19H30N4O3. The van der Waals surface area contributed by atoms with Crippen LogP contribution in [0.2, 0.25) is 0 Å². The number of piperidine rings is 1. The van der Waals surface area contributed by atoms with Crippen molar-refractivity contribution in [2.45, 2.75) is 64.8 Å². The highest BCUT2D eigenvalue weighted by Crippen LogP contribution is 2.27. The zero-order valence-electron chi connectivity index (χ0n) is 15.9. The van der Waals surface area contributed by atoms with Gasteiger partial charge in [-0.05, 0) is 25.2 Å². The number of carbonyl (C=O) groups is 2. The van der Waals surface area contributed by atoms with Crippen LogP contribution in [-0.4, -0.2) is 51.9 Å². The summed E-state index contributed by atoms with van der Waals surface area (Å²) < 4.78 is 5.10. The lowest BCUT2D eigenvalue weighted by Crippen LogP contribution is -2.47. The maximum Gasteiger partial charge on any atom is 0.227 e. The van der Waals surface area contributed by atoms with Crippen LogP contribution in [0.25, 0.3) is 0 Å². The van der Waals surface area contributed by atoms with Gasteiger partial charge in [-0.25, -0.2) is 0 Å². The summed E-state index contributed by atoms with van der Waals surface area (Å²) in [4.78, 5) is 33.0.